The summed E-state index contributed by atoms with van der Waals surface area (Å²) in [5.74, 6) is -0.190. The molecule has 2 unspecified atom stereocenters. The van der Waals surface area contributed by atoms with Crippen molar-refractivity contribution in [2.75, 3.05) is 31.6 Å². The van der Waals surface area contributed by atoms with Gasteiger partial charge in [0, 0.05) is 31.4 Å². The van der Waals surface area contributed by atoms with Crippen LogP contribution in [0.25, 0.3) is 0 Å². The van der Waals surface area contributed by atoms with E-state index in [1.54, 1.807) is 12.1 Å². The van der Waals surface area contributed by atoms with Crippen LogP contribution >= 0.6 is 0 Å². The van der Waals surface area contributed by atoms with Crippen LogP contribution in [0.2, 0.25) is 0 Å². The number of hydrogen-bond acceptors (Lipinski definition) is 3. The van der Waals surface area contributed by atoms with Crippen molar-refractivity contribution in [1.29, 1.82) is 0 Å². The van der Waals surface area contributed by atoms with Gasteiger partial charge in [0.2, 0.25) is 0 Å². The van der Waals surface area contributed by atoms with Crippen molar-refractivity contribution in [3.05, 3.63) is 30.1 Å². The summed E-state index contributed by atoms with van der Waals surface area (Å²) in [6, 6.07) is 7.37. The first-order valence-corrected chi connectivity index (χ1v) is 6.04. The lowest BCUT2D eigenvalue weighted by Crippen LogP contribution is -2.59. The molecule has 0 spiro atoms. The molecule has 2 atom stereocenters. The van der Waals surface area contributed by atoms with E-state index in [1.165, 1.54) is 6.07 Å². The highest BCUT2D eigenvalue weighted by molar-refractivity contribution is 5.49. The summed E-state index contributed by atoms with van der Waals surface area (Å²) < 4.78 is 13.3. The van der Waals surface area contributed by atoms with Crippen LogP contribution < -0.4 is 10.6 Å². The third-order valence-corrected chi connectivity index (χ3v) is 3.34. The molecule has 1 heterocycles. The Morgan fingerprint density at radius 1 is 1.41 bits per heavy atom. The third-order valence-electron chi connectivity index (χ3n) is 3.34. The van der Waals surface area contributed by atoms with Crippen LogP contribution in [0.15, 0.2) is 24.3 Å². The summed E-state index contributed by atoms with van der Waals surface area (Å²) in [5, 5.41) is 0. The van der Waals surface area contributed by atoms with Crippen molar-refractivity contribution in [3.63, 3.8) is 0 Å². The maximum atomic E-state index is 13.3. The quantitative estimate of drug-likeness (QED) is 0.841. The molecular formula is C13H20FN3. The second-order valence-electron chi connectivity index (χ2n) is 4.85. The minimum atomic E-state index is -0.190. The van der Waals surface area contributed by atoms with E-state index in [9.17, 15) is 4.39 Å². The molecule has 1 saturated heterocycles. The zero-order valence-corrected chi connectivity index (χ0v) is 10.4. The smallest absolute Gasteiger partial charge is 0.125 e. The largest absolute Gasteiger partial charge is 0.362 e. The second kappa shape index (κ2) is 5.02. The minimum Gasteiger partial charge on any atom is -0.362 e. The monoisotopic (exact) mass is 237 g/mol. The average molecular weight is 237 g/mol. The van der Waals surface area contributed by atoms with Crippen LogP contribution in [0.4, 0.5) is 10.1 Å². The summed E-state index contributed by atoms with van der Waals surface area (Å²) in [5.41, 5.74) is 6.76. The van der Waals surface area contributed by atoms with Gasteiger partial charge in [0.25, 0.3) is 0 Å². The fourth-order valence-corrected chi connectivity index (χ4v) is 2.71. The zero-order chi connectivity index (χ0) is 12.4. The predicted octanol–water partition coefficient (Wildman–Crippen LogP) is 1.29. The van der Waals surface area contributed by atoms with Crippen molar-refractivity contribution in [1.82, 2.24) is 4.90 Å². The summed E-state index contributed by atoms with van der Waals surface area (Å²) in [7, 11) is 2.10. The van der Waals surface area contributed by atoms with E-state index >= 15 is 0 Å². The fourth-order valence-electron chi connectivity index (χ4n) is 2.71. The van der Waals surface area contributed by atoms with Crippen molar-refractivity contribution in [2.45, 2.75) is 19.0 Å². The molecule has 1 fully saturated rings. The van der Waals surface area contributed by atoms with Gasteiger partial charge in [-0.3, -0.25) is 0 Å². The van der Waals surface area contributed by atoms with E-state index in [-0.39, 0.29) is 11.9 Å². The van der Waals surface area contributed by atoms with Crippen LogP contribution in [0.3, 0.4) is 0 Å². The van der Waals surface area contributed by atoms with Crippen LogP contribution in [-0.2, 0) is 0 Å². The van der Waals surface area contributed by atoms with Crippen LogP contribution in [0.1, 0.15) is 6.92 Å². The van der Waals surface area contributed by atoms with Gasteiger partial charge in [-0.15, -0.1) is 0 Å². The first-order chi connectivity index (χ1) is 8.11. The number of piperazine rings is 1. The molecule has 0 saturated carbocycles. The van der Waals surface area contributed by atoms with Gasteiger partial charge in [0.15, 0.2) is 0 Å². The molecule has 0 bridgehead atoms. The highest BCUT2D eigenvalue weighted by atomic mass is 19.1. The molecule has 1 aromatic rings. The highest BCUT2D eigenvalue weighted by Gasteiger charge is 2.29. The van der Waals surface area contributed by atoms with E-state index in [0.717, 1.165) is 18.8 Å². The van der Waals surface area contributed by atoms with Gasteiger partial charge in [-0.25, -0.2) is 4.39 Å². The van der Waals surface area contributed by atoms with E-state index in [0.29, 0.717) is 12.6 Å². The number of benzene rings is 1. The number of anilines is 1. The normalized spacial score (nSPS) is 26.2. The first-order valence-electron chi connectivity index (χ1n) is 6.04. The van der Waals surface area contributed by atoms with E-state index in [4.69, 9.17) is 5.73 Å². The van der Waals surface area contributed by atoms with Gasteiger partial charge < -0.3 is 15.5 Å². The maximum absolute atomic E-state index is 13.3. The number of hydrogen-bond donors (Lipinski definition) is 1. The van der Waals surface area contributed by atoms with Gasteiger partial charge in [-0.1, -0.05) is 6.07 Å². The second-order valence-corrected chi connectivity index (χ2v) is 4.85. The third kappa shape index (κ3) is 2.58. The fraction of sp³-hybridized carbons (Fsp3) is 0.538. The van der Waals surface area contributed by atoms with Crippen LogP contribution in [0, 0.1) is 5.82 Å². The van der Waals surface area contributed by atoms with Gasteiger partial charge in [0.05, 0.1) is 6.04 Å². The van der Waals surface area contributed by atoms with Crippen molar-refractivity contribution in [2.24, 2.45) is 5.73 Å². The lowest BCUT2D eigenvalue weighted by molar-refractivity contribution is 0.235. The molecule has 0 amide bonds. The Balaban J connectivity index is 2.28. The van der Waals surface area contributed by atoms with Crippen molar-refractivity contribution in [3.8, 4) is 0 Å². The molecule has 0 aliphatic carbocycles. The zero-order valence-electron chi connectivity index (χ0n) is 10.4. The molecule has 0 radical (unpaired) electrons. The van der Waals surface area contributed by atoms with Gasteiger partial charge >= 0.3 is 0 Å². The SMILES string of the molecule is CC1CN(C)CC(CN)N1c1cccc(F)c1. The van der Waals surface area contributed by atoms with Gasteiger partial charge in [-0.05, 0) is 32.2 Å². The molecule has 3 nitrogen and oxygen atoms in total. The number of nitrogens with zero attached hydrogens (tertiary/aromatic N) is 2. The molecule has 2 N–H and O–H groups in total. The molecule has 0 aromatic heterocycles. The Kier molecular flexibility index (Phi) is 3.64. The van der Waals surface area contributed by atoms with Gasteiger partial charge in [0.1, 0.15) is 5.82 Å². The summed E-state index contributed by atoms with van der Waals surface area (Å²) in [4.78, 5) is 4.51. The Morgan fingerprint density at radius 3 is 2.82 bits per heavy atom. The van der Waals surface area contributed by atoms with E-state index in [1.807, 2.05) is 6.07 Å². The average Bonchev–Trinajstić information content (AvgIpc) is 2.27. The van der Waals surface area contributed by atoms with E-state index < -0.39 is 0 Å². The number of halogens is 1. The molecule has 4 heteroatoms. The van der Waals surface area contributed by atoms with Crippen molar-refractivity contribution < 1.29 is 4.39 Å². The van der Waals surface area contributed by atoms with Crippen LogP contribution in [-0.4, -0.2) is 43.7 Å². The predicted molar refractivity (Wildman–Crippen MR) is 68.7 cm³/mol. The first kappa shape index (κ1) is 12.3. The Morgan fingerprint density at radius 2 is 2.18 bits per heavy atom. The Labute approximate surface area is 102 Å². The lowest BCUT2D eigenvalue weighted by atomic mass is 10.1. The molecule has 2 rings (SSSR count). The molecular weight excluding hydrogens is 217 g/mol. The summed E-state index contributed by atoms with van der Waals surface area (Å²) in [6.07, 6.45) is 0. The minimum absolute atomic E-state index is 0.190. The molecule has 17 heavy (non-hydrogen) atoms. The molecule has 1 aliphatic rings. The van der Waals surface area contributed by atoms with Crippen LogP contribution in [0.5, 0.6) is 0 Å². The Bertz CT molecular complexity index is 383. The van der Waals surface area contributed by atoms with Gasteiger partial charge in [-0.2, -0.15) is 0 Å². The summed E-state index contributed by atoms with van der Waals surface area (Å²) in [6.45, 7) is 4.65. The van der Waals surface area contributed by atoms with E-state index in [2.05, 4.69) is 23.8 Å². The highest BCUT2D eigenvalue weighted by Crippen LogP contribution is 2.24. The topological polar surface area (TPSA) is 32.5 Å². The molecule has 1 aliphatic heterocycles. The number of likely N-dealkylation sites (N-methyl/N-ethyl adjacent to an activating group) is 1. The standard InChI is InChI=1S/C13H20FN3/c1-10-8-16(2)9-13(7-15)17(10)12-5-3-4-11(14)6-12/h3-6,10,13H,7-9,15H2,1-2H3. The molecule has 94 valence electrons. The lowest BCUT2D eigenvalue weighted by Gasteiger charge is -2.45. The summed E-state index contributed by atoms with van der Waals surface area (Å²) >= 11 is 0. The molecule has 1 aromatic carbocycles. The number of rotatable bonds is 2. The Hall–Kier alpha value is -1.13. The number of nitrogens with two attached hydrogens (primary N) is 1. The van der Waals surface area contributed by atoms with Crippen molar-refractivity contribution >= 4 is 5.69 Å². The maximum Gasteiger partial charge on any atom is 0.125 e.